The number of hydrogen-bond donors (Lipinski definition) is 2. The Bertz CT molecular complexity index is 464. The number of nitrogens with one attached hydrogen (secondary N) is 1. The van der Waals surface area contributed by atoms with Crippen LogP contribution in [0.3, 0.4) is 0 Å². The molecule has 0 aliphatic heterocycles. The van der Waals surface area contributed by atoms with Gasteiger partial charge in [0.25, 0.3) is 0 Å². The molecule has 1 aliphatic carbocycles. The Kier molecular flexibility index (Phi) is 6.02. The van der Waals surface area contributed by atoms with E-state index in [0.29, 0.717) is 12.1 Å². The van der Waals surface area contributed by atoms with Crippen LogP contribution in [0.5, 0.6) is 0 Å². The number of rotatable bonds is 6. The fourth-order valence-electron chi connectivity index (χ4n) is 2.92. The van der Waals surface area contributed by atoms with Crippen LogP contribution in [0.4, 0.5) is 8.78 Å². The van der Waals surface area contributed by atoms with Crippen molar-refractivity contribution in [2.24, 2.45) is 0 Å². The maximum atomic E-state index is 13.2. The van der Waals surface area contributed by atoms with Crippen molar-refractivity contribution in [3.8, 4) is 0 Å². The van der Waals surface area contributed by atoms with Gasteiger partial charge >= 0.3 is 0 Å². The highest BCUT2D eigenvalue weighted by Gasteiger charge is 2.30. The molecule has 1 aliphatic rings. The molecule has 118 valence electrons. The highest BCUT2D eigenvalue weighted by Crippen LogP contribution is 2.38. The van der Waals surface area contributed by atoms with Gasteiger partial charge in [-0.1, -0.05) is 25.3 Å². The molecule has 21 heavy (non-hydrogen) atoms. The second-order valence-corrected chi connectivity index (χ2v) is 7.04. The zero-order chi connectivity index (χ0) is 15.3. The molecule has 0 amide bonds. The summed E-state index contributed by atoms with van der Waals surface area (Å²) in [7, 11) is 0. The molecule has 0 saturated heterocycles. The quantitative estimate of drug-likeness (QED) is 0.840. The molecule has 2 N–H and O–H groups in total. The Morgan fingerprint density at radius 3 is 2.57 bits per heavy atom. The number of benzene rings is 1. The Balaban J connectivity index is 1.85. The molecule has 0 spiro atoms. The second-order valence-electron chi connectivity index (χ2n) is 5.77. The van der Waals surface area contributed by atoms with Gasteiger partial charge in [-0.15, -0.1) is 0 Å². The molecule has 5 heteroatoms. The lowest BCUT2D eigenvalue weighted by atomic mass is 9.88. The zero-order valence-electron chi connectivity index (χ0n) is 12.4. The van der Waals surface area contributed by atoms with Gasteiger partial charge in [-0.05, 0) is 36.8 Å². The summed E-state index contributed by atoms with van der Waals surface area (Å²) in [6.45, 7) is 1.20. The largest absolute Gasteiger partial charge is 0.387 e. The first kappa shape index (κ1) is 16.7. The van der Waals surface area contributed by atoms with Crippen LogP contribution < -0.4 is 5.32 Å². The van der Waals surface area contributed by atoms with Gasteiger partial charge in [0, 0.05) is 17.8 Å². The van der Waals surface area contributed by atoms with E-state index in [-0.39, 0.29) is 4.75 Å². The van der Waals surface area contributed by atoms with Crippen LogP contribution in [0.15, 0.2) is 18.2 Å². The van der Waals surface area contributed by atoms with Gasteiger partial charge in [0.15, 0.2) is 11.6 Å². The third-order valence-electron chi connectivity index (χ3n) is 4.31. The van der Waals surface area contributed by atoms with Crippen LogP contribution >= 0.6 is 11.8 Å². The van der Waals surface area contributed by atoms with E-state index < -0.39 is 17.7 Å². The summed E-state index contributed by atoms with van der Waals surface area (Å²) in [5, 5.41) is 13.4. The van der Waals surface area contributed by atoms with Crippen LogP contribution in [0.1, 0.15) is 43.8 Å². The molecule has 0 heterocycles. The Morgan fingerprint density at radius 1 is 1.24 bits per heavy atom. The maximum Gasteiger partial charge on any atom is 0.159 e. The van der Waals surface area contributed by atoms with Crippen molar-refractivity contribution in [3.63, 3.8) is 0 Å². The molecule has 1 saturated carbocycles. The lowest BCUT2D eigenvalue weighted by Gasteiger charge is -2.36. The van der Waals surface area contributed by atoms with Crippen molar-refractivity contribution < 1.29 is 13.9 Å². The summed E-state index contributed by atoms with van der Waals surface area (Å²) < 4.78 is 26.3. The normalized spacial score (nSPS) is 19.4. The highest BCUT2D eigenvalue weighted by molar-refractivity contribution is 8.00. The summed E-state index contributed by atoms with van der Waals surface area (Å²) in [5.41, 5.74) is 0.406. The smallest absolute Gasteiger partial charge is 0.159 e. The molecular weight excluding hydrogens is 292 g/mol. The third kappa shape index (κ3) is 4.41. The van der Waals surface area contributed by atoms with Gasteiger partial charge in [-0.3, -0.25) is 0 Å². The number of aliphatic hydroxyl groups is 1. The first-order valence-corrected chi connectivity index (χ1v) is 8.68. The van der Waals surface area contributed by atoms with E-state index in [9.17, 15) is 13.9 Å². The molecule has 1 aromatic carbocycles. The molecule has 0 radical (unpaired) electrons. The van der Waals surface area contributed by atoms with E-state index >= 15 is 0 Å². The van der Waals surface area contributed by atoms with Crippen molar-refractivity contribution in [1.82, 2.24) is 5.32 Å². The molecular formula is C16H23F2NOS. The molecule has 1 atom stereocenters. The molecule has 1 unspecified atom stereocenters. The minimum Gasteiger partial charge on any atom is -0.387 e. The monoisotopic (exact) mass is 315 g/mol. The number of halogens is 2. The van der Waals surface area contributed by atoms with Crippen molar-refractivity contribution >= 4 is 11.8 Å². The van der Waals surface area contributed by atoms with Crippen LogP contribution in [0.25, 0.3) is 0 Å². The fourth-order valence-corrected chi connectivity index (χ4v) is 3.87. The van der Waals surface area contributed by atoms with Crippen molar-refractivity contribution in [2.75, 3.05) is 19.3 Å². The van der Waals surface area contributed by atoms with E-state index in [4.69, 9.17) is 0 Å². The van der Waals surface area contributed by atoms with Crippen molar-refractivity contribution in [2.45, 2.75) is 43.0 Å². The van der Waals surface area contributed by atoms with Crippen LogP contribution in [0, 0.1) is 11.6 Å². The van der Waals surface area contributed by atoms with Gasteiger partial charge < -0.3 is 10.4 Å². The summed E-state index contributed by atoms with van der Waals surface area (Å²) in [6.07, 6.45) is 7.54. The van der Waals surface area contributed by atoms with E-state index in [1.165, 1.54) is 38.2 Å². The maximum absolute atomic E-state index is 13.2. The number of hydrogen-bond acceptors (Lipinski definition) is 3. The molecule has 1 fully saturated rings. The molecule has 2 nitrogen and oxygen atoms in total. The standard InChI is InChI=1S/C16H23F2NOS/c1-21-16(7-3-2-4-8-16)11-19-10-15(20)12-5-6-13(17)14(18)9-12/h5-6,9,15,19-20H,2-4,7-8,10-11H2,1H3. The van der Waals surface area contributed by atoms with Crippen molar-refractivity contribution in [3.05, 3.63) is 35.4 Å². The lowest BCUT2D eigenvalue weighted by Crippen LogP contribution is -2.40. The highest BCUT2D eigenvalue weighted by atomic mass is 32.2. The Morgan fingerprint density at radius 2 is 1.95 bits per heavy atom. The second kappa shape index (κ2) is 7.56. The predicted molar refractivity (Wildman–Crippen MR) is 83.5 cm³/mol. The minimum atomic E-state index is -0.917. The van der Waals surface area contributed by atoms with E-state index in [2.05, 4.69) is 11.6 Å². The van der Waals surface area contributed by atoms with Gasteiger partial charge in [0.05, 0.1) is 6.10 Å². The predicted octanol–water partition coefficient (Wildman–Crippen LogP) is 3.65. The van der Waals surface area contributed by atoms with Crippen molar-refractivity contribution in [1.29, 1.82) is 0 Å². The molecule has 2 rings (SSSR count). The summed E-state index contributed by atoms with van der Waals surface area (Å²) >= 11 is 1.89. The SMILES string of the molecule is CSC1(CNCC(O)c2ccc(F)c(F)c2)CCCCC1. The van der Waals surface area contributed by atoms with Crippen LogP contribution in [0.2, 0.25) is 0 Å². The molecule has 0 aromatic heterocycles. The minimum absolute atomic E-state index is 0.256. The topological polar surface area (TPSA) is 32.3 Å². The van der Waals surface area contributed by atoms with Crippen LogP contribution in [-0.4, -0.2) is 29.2 Å². The van der Waals surface area contributed by atoms with Crippen LogP contribution in [-0.2, 0) is 0 Å². The third-order valence-corrected chi connectivity index (χ3v) is 5.73. The van der Waals surface area contributed by atoms with E-state index in [1.54, 1.807) is 0 Å². The van der Waals surface area contributed by atoms with E-state index in [1.807, 2.05) is 11.8 Å². The first-order valence-electron chi connectivity index (χ1n) is 7.45. The summed E-state index contributed by atoms with van der Waals surface area (Å²) in [6, 6.07) is 3.54. The summed E-state index contributed by atoms with van der Waals surface area (Å²) in [4.78, 5) is 0. The number of aliphatic hydroxyl groups excluding tert-OH is 1. The average molecular weight is 315 g/mol. The fraction of sp³-hybridized carbons (Fsp3) is 0.625. The average Bonchev–Trinajstić information content (AvgIpc) is 2.51. The van der Waals surface area contributed by atoms with Gasteiger partial charge in [-0.25, -0.2) is 8.78 Å². The molecule has 0 bridgehead atoms. The first-order chi connectivity index (χ1) is 10.1. The van der Waals surface area contributed by atoms with E-state index in [0.717, 1.165) is 18.7 Å². The Labute approximate surface area is 129 Å². The lowest BCUT2D eigenvalue weighted by molar-refractivity contribution is 0.171. The van der Waals surface area contributed by atoms with Gasteiger partial charge in [0.2, 0.25) is 0 Å². The number of thioether (sulfide) groups is 1. The van der Waals surface area contributed by atoms with Gasteiger partial charge in [-0.2, -0.15) is 11.8 Å². The summed E-state index contributed by atoms with van der Waals surface area (Å²) in [5.74, 6) is -1.80. The van der Waals surface area contributed by atoms with Gasteiger partial charge in [0.1, 0.15) is 0 Å². The molecule has 1 aromatic rings. The Hall–Kier alpha value is -0.650. The zero-order valence-corrected chi connectivity index (χ0v) is 13.2.